The third-order valence-electron chi connectivity index (χ3n) is 1.55. The number of hydrogen-bond donors (Lipinski definition) is 0. The molecule has 0 saturated heterocycles. The molecule has 1 aliphatic rings. The van der Waals surface area contributed by atoms with E-state index < -0.39 is 0 Å². The van der Waals surface area contributed by atoms with Crippen LogP contribution in [0.4, 0.5) is 0 Å². The van der Waals surface area contributed by atoms with Crippen LogP contribution < -0.4 is 0 Å². The van der Waals surface area contributed by atoms with Gasteiger partial charge in [-0.1, -0.05) is 0 Å². The number of methoxy groups -OCH3 is 1. The van der Waals surface area contributed by atoms with E-state index in [4.69, 9.17) is 4.74 Å². The van der Waals surface area contributed by atoms with Crippen LogP contribution in [0, 0.1) is 5.92 Å². The Kier molecular flexibility index (Phi) is 2.12. The van der Waals surface area contributed by atoms with E-state index >= 15 is 0 Å². The van der Waals surface area contributed by atoms with Crippen molar-refractivity contribution in [2.24, 2.45) is 5.92 Å². The zero-order valence-corrected chi connectivity index (χ0v) is 6.49. The Balaban J connectivity index is 2.26. The summed E-state index contributed by atoms with van der Waals surface area (Å²) in [6, 6.07) is 0. The molecule has 4 nitrogen and oxygen atoms in total. The van der Waals surface area contributed by atoms with Crippen LogP contribution in [0.25, 0.3) is 0 Å². The van der Waals surface area contributed by atoms with Crippen molar-refractivity contribution in [2.75, 3.05) is 7.11 Å². The zero-order chi connectivity index (χ0) is 8.43. The van der Waals surface area contributed by atoms with Crippen LogP contribution in [0.2, 0.25) is 0 Å². The molecule has 0 spiro atoms. The highest BCUT2D eigenvalue weighted by molar-refractivity contribution is 5.77. The molecule has 0 N–H and O–H groups in total. The largest absolute Gasteiger partial charge is 0.469 e. The maximum atomic E-state index is 10.8. The molecular formula is C7H10O4. The Bertz CT molecular complexity index is 187. The molecule has 0 unspecified atom stereocenters. The minimum Gasteiger partial charge on any atom is -0.469 e. The molecular weight excluding hydrogens is 148 g/mol. The maximum absolute atomic E-state index is 10.8. The second kappa shape index (κ2) is 2.90. The average molecular weight is 158 g/mol. The Hall–Kier alpha value is -1.06. The third kappa shape index (κ3) is 1.93. The summed E-state index contributed by atoms with van der Waals surface area (Å²) in [6.07, 6.45) is 0.367. The molecule has 62 valence electrons. The van der Waals surface area contributed by atoms with Crippen molar-refractivity contribution < 1.29 is 19.1 Å². The van der Waals surface area contributed by atoms with Crippen molar-refractivity contribution in [3.05, 3.63) is 0 Å². The lowest BCUT2D eigenvalue weighted by Gasteiger charge is -1.98. The van der Waals surface area contributed by atoms with Gasteiger partial charge in [-0.3, -0.25) is 9.59 Å². The summed E-state index contributed by atoms with van der Waals surface area (Å²) < 4.78 is 9.21. The van der Waals surface area contributed by atoms with Crippen molar-refractivity contribution in [2.45, 2.75) is 19.4 Å². The fourth-order valence-corrected chi connectivity index (χ4v) is 0.915. The van der Waals surface area contributed by atoms with Crippen LogP contribution in [0.15, 0.2) is 0 Å². The van der Waals surface area contributed by atoms with Crippen molar-refractivity contribution in [3.63, 3.8) is 0 Å². The van der Waals surface area contributed by atoms with Crippen molar-refractivity contribution in [3.8, 4) is 0 Å². The molecule has 1 aliphatic carbocycles. The van der Waals surface area contributed by atoms with Gasteiger partial charge in [0.2, 0.25) is 0 Å². The summed E-state index contributed by atoms with van der Waals surface area (Å²) in [6.45, 7) is 1.33. The first-order chi connectivity index (χ1) is 5.15. The second-order valence-corrected chi connectivity index (χ2v) is 2.51. The van der Waals surface area contributed by atoms with Gasteiger partial charge in [-0.05, 0) is 0 Å². The molecule has 0 radical (unpaired) electrons. The smallest absolute Gasteiger partial charge is 0.312 e. The summed E-state index contributed by atoms with van der Waals surface area (Å²) in [4.78, 5) is 21.1. The Morgan fingerprint density at radius 3 is 2.55 bits per heavy atom. The molecule has 0 aromatic carbocycles. The van der Waals surface area contributed by atoms with E-state index in [9.17, 15) is 9.59 Å². The highest BCUT2D eigenvalue weighted by Crippen LogP contribution is 2.34. The van der Waals surface area contributed by atoms with Crippen LogP contribution in [0.5, 0.6) is 0 Å². The van der Waals surface area contributed by atoms with Crippen LogP contribution in [0.1, 0.15) is 13.3 Å². The first-order valence-corrected chi connectivity index (χ1v) is 3.40. The lowest BCUT2D eigenvalue weighted by Crippen LogP contribution is -2.10. The molecule has 1 saturated carbocycles. The highest BCUT2D eigenvalue weighted by Gasteiger charge is 2.46. The quantitative estimate of drug-likeness (QED) is 0.535. The van der Waals surface area contributed by atoms with Crippen LogP contribution in [0.3, 0.4) is 0 Å². The molecule has 11 heavy (non-hydrogen) atoms. The molecule has 2 atom stereocenters. The molecule has 0 aromatic heterocycles. The lowest BCUT2D eigenvalue weighted by atomic mass is 10.4. The summed E-state index contributed by atoms with van der Waals surface area (Å²) in [5.74, 6) is -0.860. The minimum absolute atomic E-state index is 0.219. The van der Waals surface area contributed by atoms with Gasteiger partial charge in [0.25, 0.3) is 0 Å². The maximum Gasteiger partial charge on any atom is 0.312 e. The van der Waals surface area contributed by atoms with E-state index in [0.29, 0.717) is 6.42 Å². The van der Waals surface area contributed by atoms with Gasteiger partial charge in [-0.15, -0.1) is 0 Å². The number of rotatable bonds is 2. The van der Waals surface area contributed by atoms with Gasteiger partial charge in [0.1, 0.15) is 6.10 Å². The fraction of sp³-hybridized carbons (Fsp3) is 0.714. The first-order valence-electron chi connectivity index (χ1n) is 3.40. The van der Waals surface area contributed by atoms with E-state index in [-0.39, 0.29) is 24.0 Å². The van der Waals surface area contributed by atoms with Crippen LogP contribution in [-0.2, 0) is 19.1 Å². The summed E-state index contributed by atoms with van der Waals surface area (Å²) >= 11 is 0. The molecule has 1 fully saturated rings. The lowest BCUT2D eigenvalue weighted by molar-refractivity contribution is -0.147. The van der Waals surface area contributed by atoms with Gasteiger partial charge in [0.05, 0.1) is 13.0 Å². The number of hydrogen-bond acceptors (Lipinski definition) is 4. The molecule has 0 heterocycles. The number of carbonyl (C=O) groups excluding carboxylic acids is 2. The zero-order valence-electron chi connectivity index (χ0n) is 6.49. The van der Waals surface area contributed by atoms with Crippen molar-refractivity contribution in [1.29, 1.82) is 0 Å². The number of ether oxygens (including phenoxy) is 2. The molecule has 4 heteroatoms. The Morgan fingerprint density at radius 2 is 2.09 bits per heavy atom. The van der Waals surface area contributed by atoms with E-state index in [2.05, 4.69) is 4.74 Å². The summed E-state index contributed by atoms with van der Waals surface area (Å²) in [7, 11) is 1.32. The van der Waals surface area contributed by atoms with Crippen LogP contribution in [-0.4, -0.2) is 25.2 Å². The van der Waals surface area contributed by atoms with E-state index in [1.165, 1.54) is 14.0 Å². The Morgan fingerprint density at radius 1 is 1.45 bits per heavy atom. The highest BCUT2D eigenvalue weighted by atomic mass is 16.6. The van der Waals surface area contributed by atoms with E-state index in [0.717, 1.165) is 0 Å². The number of carbonyl (C=O) groups is 2. The molecule has 0 amide bonds. The van der Waals surface area contributed by atoms with Crippen LogP contribution >= 0.6 is 0 Å². The van der Waals surface area contributed by atoms with Gasteiger partial charge in [0, 0.05) is 13.3 Å². The first kappa shape index (κ1) is 8.04. The normalized spacial score (nSPS) is 27.5. The second-order valence-electron chi connectivity index (χ2n) is 2.51. The van der Waals surface area contributed by atoms with E-state index in [1.54, 1.807) is 0 Å². The minimum atomic E-state index is -0.346. The van der Waals surface area contributed by atoms with E-state index in [1.807, 2.05) is 0 Å². The Labute approximate surface area is 64.5 Å². The average Bonchev–Trinajstić information content (AvgIpc) is 2.65. The van der Waals surface area contributed by atoms with Gasteiger partial charge in [0.15, 0.2) is 0 Å². The standard InChI is InChI=1S/C7H10O4/c1-4(8)11-6-3-5(6)7(9)10-2/h5-6H,3H2,1-2H3/t5-,6-/m1/s1. The van der Waals surface area contributed by atoms with Crippen molar-refractivity contribution >= 4 is 11.9 Å². The van der Waals surface area contributed by atoms with Gasteiger partial charge in [-0.25, -0.2) is 0 Å². The topological polar surface area (TPSA) is 52.6 Å². The monoisotopic (exact) mass is 158 g/mol. The summed E-state index contributed by atoms with van der Waals surface area (Å²) in [5, 5.41) is 0. The third-order valence-corrected chi connectivity index (χ3v) is 1.55. The molecule has 0 bridgehead atoms. The molecule has 1 rings (SSSR count). The van der Waals surface area contributed by atoms with Gasteiger partial charge in [-0.2, -0.15) is 0 Å². The summed E-state index contributed by atoms with van der Waals surface area (Å²) in [5.41, 5.74) is 0. The predicted octanol–water partition coefficient (Wildman–Crippen LogP) is 0.111. The number of esters is 2. The van der Waals surface area contributed by atoms with Gasteiger partial charge < -0.3 is 9.47 Å². The van der Waals surface area contributed by atoms with Gasteiger partial charge >= 0.3 is 11.9 Å². The molecule has 0 aromatic rings. The molecule has 0 aliphatic heterocycles. The van der Waals surface area contributed by atoms with Crippen molar-refractivity contribution in [1.82, 2.24) is 0 Å². The SMILES string of the molecule is COC(=O)[C@@H]1C[C@H]1OC(C)=O. The fourth-order valence-electron chi connectivity index (χ4n) is 0.915. The predicted molar refractivity (Wildman–Crippen MR) is 35.7 cm³/mol.